The van der Waals surface area contributed by atoms with Crippen molar-refractivity contribution in [3.63, 3.8) is 0 Å². The zero-order valence-electron chi connectivity index (χ0n) is 16.5. The molecule has 2 atom stereocenters. The summed E-state index contributed by atoms with van der Waals surface area (Å²) in [7, 11) is 3.29. The number of hydrogen-bond donors (Lipinski definition) is 2. The Bertz CT molecular complexity index is 886. The first-order chi connectivity index (χ1) is 13.4. The van der Waals surface area contributed by atoms with Gasteiger partial charge in [-0.05, 0) is 43.7 Å². The summed E-state index contributed by atoms with van der Waals surface area (Å²) in [6, 6.07) is 7.59. The topological polar surface area (TPSA) is 54.9 Å². The third-order valence-corrected chi connectivity index (χ3v) is 4.77. The van der Waals surface area contributed by atoms with E-state index in [1.165, 1.54) is 6.07 Å². The van der Waals surface area contributed by atoms with Crippen LogP contribution in [0.4, 0.5) is 8.78 Å². The van der Waals surface area contributed by atoms with Crippen LogP contribution in [0.2, 0.25) is 0 Å². The van der Waals surface area contributed by atoms with Gasteiger partial charge in [0, 0.05) is 31.1 Å². The van der Waals surface area contributed by atoms with E-state index in [4.69, 9.17) is 9.47 Å². The molecule has 0 fully saturated rings. The van der Waals surface area contributed by atoms with Gasteiger partial charge < -0.3 is 20.1 Å². The van der Waals surface area contributed by atoms with Gasteiger partial charge in [0.25, 0.3) is 0 Å². The predicted molar refractivity (Wildman–Crippen MR) is 105 cm³/mol. The molecule has 150 valence electrons. The van der Waals surface area contributed by atoms with Crippen LogP contribution in [-0.4, -0.2) is 26.2 Å². The molecule has 2 N–H and O–H groups in total. The molecule has 3 rings (SSSR count). The second-order valence-electron chi connectivity index (χ2n) is 6.87. The molecular weight excluding hydrogens is 364 g/mol. The highest BCUT2D eigenvalue weighted by Crippen LogP contribution is 2.34. The number of guanidine groups is 1. The van der Waals surface area contributed by atoms with Crippen LogP contribution in [0.5, 0.6) is 11.5 Å². The van der Waals surface area contributed by atoms with Gasteiger partial charge in [-0.25, -0.2) is 8.78 Å². The standard InChI is InChI=1S/C21H25F2N3O2/c1-12-7-15-9-19(27-4)16(10-20(15)28-12)11-25-21(24-3)26-13(2)14-5-6-17(22)18(23)8-14/h5-6,8-10,12-13H,7,11H2,1-4H3,(H2,24,25,26). The molecule has 1 heterocycles. The maximum Gasteiger partial charge on any atom is 0.191 e. The molecule has 1 aliphatic heterocycles. The minimum Gasteiger partial charge on any atom is -0.496 e. The Balaban J connectivity index is 1.67. The SMILES string of the molecule is CN=C(NCc1cc2c(cc1OC)CC(C)O2)NC(C)c1ccc(F)c(F)c1. The molecule has 2 aromatic carbocycles. The smallest absolute Gasteiger partial charge is 0.191 e. The Labute approximate surface area is 163 Å². The predicted octanol–water partition coefficient (Wildman–Crippen LogP) is 3.72. The first-order valence-corrected chi connectivity index (χ1v) is 9.19. The van der Waals surface area contributed by atoms with E-state index in [9.17, 15) is 8.78 Å². The average Bonchev–Trinajstić information content (AvgIpc) is 3.04. The highest BCUT2D eigenvalue weighted by Gasteiger charge is 2.22. The molecule has 0 aromatic heterocycles. The van der Waals surface area contributed by atoms with Gasteiger partial charge in [0.15, 0.2) is 17.6 Å². The van der Waals surface area contributed by atoms with Gasteiger partial charge in [-0.15, -0.1) is 0 Å². The molecule has 0 spiro atoms. The Morgan fingerprint density at radius 2 is 2.07 bits per heavy atom. The van der Waals surface area contributed by atoms with Gasteiger partial charge in [0.05, 0.1) is 13.2 Å². The number of hydrogen-bond acceptors (Lipinski definition) is 3. The van der Waals surface area contributed by atoms with E-state index >= 15 is 0 Å². The zero-order valence-corrected chi connectivity index (χ0v) is 16.5. The monoisotopic (exact) mass is 389 g/mol. The molecule has 2 unspecified atom stereocenters. The maximum absolute atomic E-state index is 13.5. The summed E-state index contributed by atoms with van der Waals surface area (Å²) in [5.74, 6) is 0.468. The second-order valence-corrected chi connectivity index (χ2v) is 6.87. The summed E-state index contributed by atoms with van der Waals surface area (Å²) >= 11 is 0. The van der Waals surface area contributed by atoms with Crippen LogP contribution in [0.25, 0.3) is 0 Å². The van der Waals surface area contributed by atoms with Gasteiger partial charge in [-0.3, -0.25) is 4.99 Å². The maximum atomic E-state index is 13.5. The number of ether oxygens (including phenoxy) is 2. The molecule has 0 amide bonds. The molecule has 0 radical (unpaired) electrons. The molecule has 2 aromatic rings. The van der Waals surface area contributed by atoms with Crippen molar-refractivity contribution < 1.29 is 18.3 Å². The number of nitrogens with zero attached hydrogens (tertiary/aromatic N) is 1. The third-order valence-electron chi connectivity index (χ3n) is 4.77. The average molecular weight is 389 g/mol. The van der Waals surface area contributed by atoms with Gasteiger partial charge in [0.1, 0.15) is 17.6 Å². The largest absolute Gasteiger partial charge is 0.496 e. The number of nitrogens with one attached hydrogen (secondary N) is 2. The number of rotatable bonds is 5. The molecule has 28 heavy (non-hydrogen) atoms. The molecule has 5 nitrogen and oxygen atoms in total. The number of halogens is 2. The van der Waals surface area contributed by atoms with Gasteiger partial charge >= 0.3 is 0 Å². The molecule has 7 heteroatoms. The quantitative estimate of drug-likeness (QED) is 0.605. The Morgan fingerprint density at radius 3 is 2.75 bits per heavy atom. The van der Waals surface area contributed by atoms with Crippen molar-refractivity contribution >= 4 is 5.96 Å². The van der Waals surface area contributed by atoms with Crippen LogP contribution < -0.4 is 20.1 Å². The van der Waals surface area contributed by atoms with Gasteiger partial charge in [-0.1, -0.05) is 6.07 Å². The molecule has 1 aliphatic rings. The van der Waals surface area contributed by atoms with E-state index in [0.29, 0.717) is 18.1 Å². The van der Waals surface area contributed by atoms with E-state index in [2.05, 4.69) is 15.6 Å². The van der Waals surface area contributed by atoms with E-state index in [1.54, 1.807) is 20.2 Å². The van der Waals surface area contributed by atoms with Crippen molar-refractivity contribution in [2.24, 2.45) is 4.99 Å². The summed E-state index contributed by atoms with van der Waals surface area (Å²) in [5, 5.41) is 6.40. The lowest BCUT2D eigenvalue weighted by atomic mass is 10.1. The lowest BCUT2D eigenvalue weighted by molar-refractivity contribution is 0.254. The van der Waals surface area contributed by atoms with Crippen LogP contribution >= 0.6 is 0 Å². The molecule has 0 bridgehead atoms. The minimum absolute atomic E-state index is 0.161. The molecular formula is C21H25F2N3O2. The lowest BCUT2D eigenvalue weighted by Gasteiger charge is -2.19. The number of benzene rings is 2. The van der Waals surface area contributed by atoms with E-state index in [1.807, 2.05) is 26.0 Å². The first kappa shape index (κ1) is 19.9. The van der Waals surface area contributed by atoms with Crippen LogP contribution in [0, 0.1) is 11.6 Å². The second kappa shape index (κ2) is 8.46. The highest BCUT2D eigenvalue weighted by atomic mass is 19.2. The fourth-order valence-electron chi connectivity index (χ4n) is 3.25. The summed E-state index contributed by atoms with van der Waals surface area (Å²) in [5.41, 5.74) is 2.71. The molecule has 0 saturated carbocycles. The van der Waals surface area contributed by atoms with E-state index < -0.39 is 11.6 Å². The van der Waals surface area contributed by atoms with Crippen LogP contribution in [0.15, 0.2) is 35.3 Å². The fourth-order valence-corrected chi connectivity index (χ4v) is 3.25. The van der Waals surface area contributed by atoms with Crippen molar-refractivity contribution in [2.45, 2.75) is 39.0 Å². The number of methoxy groups -OCH3 is 1. The Kier molecular flexibility index (Phi) is 6.02. The van der Waals surface area contributed by atoms with Crippen LogP contribution in [0.1, 0.15) is 36.6 Å². The van der Waals surface area contributed by atoms with Crippen molar-refractivity contribution in [1.82, 2.24) is 10.6 Å². The highest BCUT2D eigenvalue weighted by molar-refractivity contribution is 5.80. The summed E-state index contributed by atoms with van der Waals surface area (Å²) in [6.45, 7) is 4.36. The minimum atomic E-state index is -0.869. The summed E-state index contributed by atoms with van der Waals surface area (Å²) in [6.07, 6.45) is 1.03. The van der Waals surface area contributed by atoms with Crippen molar-refractivity contribution in [2.75, 3.05) is 14.2 Å². The van der Waals surface area contributed by atoms with Gasteiger partial charge in [-0.2, -0.15) is 0 Å². The van der Waals surface area contributed by atoms with Crippen LogP contribution in [-0.2, 0) is 13.0 Å². The van der Waals surface area contributed by atoms with Crippen LogP contribution in [0.3, 0.4) is 0 Å². The summed E-state index contributed by atoms with van der Waals surface area (Å²) < 4.78 is 38.0. The lowest BCUT2D eigenvalue weighted by Crippen LogP contribution is -2.38. The third kappa shape index (κ3) is 4.35. The fraction of sp³-hybridized carbons (Fsp3) is 0.381. The molecule has 0 saturated heterocycles. The number of aliphatic imine (C=N–C) groups is 1. The Morgan fingerprint density at radius 1 is 1.29 bits per heavy atom. The van der Waals surface area contributed by atoms with Crippen molar-refractivity contribution in [3.05, 3.63) is 58.7 Å². The summed E-state index contributed by atoms with van der Waals surface area (Å²) in [4.78, 5) is 4.20. The number of fused-ring (bicyclic) bond motifs is 1. The zero-order chi connectivity index (χ0) is 20.3. The van der Waals surface area contributed by atoms with E-state index in [0.717, 1.165) is 35.1 Å². The normalized spacial score (nSPS) is 16.9. The van der Waals surface area contributed by atoms with Gasteiger partial charge in [0.2, 0.25) is 0 Å². The first-order valence-electron chi connectivity index (χ1n) is 9.19. The van der Waals surface area contributed by atoms with Crippen molar-refractivity contribution in [3.8, 4) is 11.5 Å². The van der Waals surface area contributed by atoms with Crippen molar-refractivity contribution in [1.29, 1.82) is 0 Å². The van der Waals surface area contributed by atoms with E-state index in [-0.39, 0.29) is 12.1 Å². The Hall–Kier alpha value is -2.83. The molecule has 0 aliphatic carbocycles.